The molecular formula is C13H9F4NS. The SMILES string of the molecule is NCc1cc(F)c(Sc2ccc(F)c(F)c2)c(F)c1. The topological polar surface area (TPSA) is 26.0 Å². The number of benzene rings is 2. The molecule has 0 unspecified atom stereocenters. The molecule has 2 aromatic rings. The molecule has 0 spiro atoms. The first-order valence-corrected chi connectivity index (χ1v) is 6.14. The van der Waals surface area contributed by atoms with E-state index < -0.39 is 23.3 Å². The van der Waals surface area contributed by atoms with Gasteiger partial charge in [-0.05, 0) is 35.9 Å². The third kappa shape index (κ3) is 3.08. The zero-order valence-electron chi connectivity index (χ0n) is 9.59. The van der Waals surface area contributed by atoms with Gasteiger partial charge in [0.2, 0.25) is 0 Å². The van der Waals surface area contributed by atoms with E-state index in [0.29, 0.717) is 17.3 Å². The fourth-order valence-corrected chi connectivity index (χ4v) is 2.33. The van der Waals surface area contributed by atoms with Crippen molar-refractivity contribution in [3.05, 3.63) is 59.2 Å². The third-order valence-electron chi connectivity index (χ3n) is 2.40. The van der Waals surface area contributed by atoms with E-state index >= 15 is 0 Å². The number of hydrogen-bond donors (Lipinski definition) is 1. The Bertz CT molecular complexity index is 593. The van der Waals surface area contributed by atoms with Crippen molar-refractivity contribution in [2.24, 2.45) is 5.73 Å². The van der Waals surface area contributed by atoms with Gasteiger partial charge in [0.15, 0.2) is 11.6 Å². The standard InChI is InChI=1S/C13H9F4NS/c14-9-2-1-8(5-10(9)15)19-13-11(16)3-7(6-18)4-12(13)17/h1-5H,6,18H2. The van der Waals surface area contributed by atoms with Crippen molar-refractivity contribution in [3.63, 3.8) is 0 Å². The van der Waals surface area contributed by atoms with Crippen LogP contribution in [0.1, 0.15) is 5.56 Å². The highest BCUT2D eigenvalue weighted by Crippen LogP contribution is 2.33. The van der Waals surface area contributed by atoms with Crippen LogP contribution in [0.4, 0.5) is 17.6 Å². The van der Waals surface area contributed by atoms with E-state index in [1.807, 2.05) is 0 Å². The molecule has 0 heterocycles. The van der Waals surface area contributed by atoms with Crippen molar-refractivity contribution in [3.8, 4) is 0 Å². The molecule has 0 saturated carbocycles. The molecule has 0 saturated heterocycles. The molecule has 0 radical (unpaired) electrons. The highest BCUT2D eigenvalue weighted by Gasteiger charge is 2.13. The number of rotatable bonds is 3. The predicted octanol–water partition coefficient (Wildman–Crippen LogP) is 3.85. The zero-order chi connectivity index (χ0) is 14.0. The summed E-state index contributed by atoms with van der Waals surface area (Å²) in [6, 6.07) is 5.27. The van der Waals surface area contributed by atoms with Gasteiger partial charge in [0.1, 0.15) is 11.6 Å². The van der Waals surface area contributed by atoms with E-state index in [2.05, 4.69) is 0 Å². The van der Waals surface area contributed by atoms with Crippen LogP contribution < -0.4 is 5.73 Å². The summed E-state index contributed by atoms with van der Waals surface area (Å²) in [5.41, 5.74) is 5.62. The summed E-state index contributed by atoms with van der Waals surface area (Å²) >= 11 is 0.685. The van der Waals surface area contributed by atoms with E-state index in [9.17, 15) is 17.6 Å². The van der Waals surface area contributed by atoms with Crippen LogP contribution in [-0.2, 0) is 6.54 Å². The van der Waals surface area contributed by atoms with Gasteiger partial charge < -0.3 is 5.73 Å². The maximum absolute atomic E-state index is 13.7. The Balaban J connectivity index is 2.35. The highest BCUT2D eigenvalue weighted by atomic mass is 32.2. The van der Waals surface area contributed by atoms with Crippen LogP contribution in [0.3, 0.4) is 0 Å². The summed E-state index contributed by atoms with van der Waals surface area (Å²) in [6.07, 6.45) is 0. The number of halogens is 4. The lowest BCUT2D eigenvalue weighted by Crippen LogP contribution is -1.99. The molecule has 0 amide bonds. The normalized spacial score (nSPS) is 10.8. The summed E-state index contributed by atoms with van der Waals surface area (Å²) in [4.78, 5) is -0.0691. The molecule has 2 rings (SSSR count). The molecule has 0 aromatic heterocycles. The first-order valence-electron chi connectivity index (χ1n) is 5.32. The summed E-state index contributed by atoms with van der Waals surface area (Å²) in [5, 5.41) is 0. The maximum Gasteiger partial charge on any atom is 0.159 e. The highest BCUT2D eigenvalue weighted by molar-refractivity contribution is 7.99. The predicted molar refractivity (Wildman–Crippen MR) is 64.7 cm³/mol. The molecule has 100 valence electrons. The Morgan fingerprint density at radius 3 is 2.00 bits per heavy atom. The molecule has 0 fully saturated rings. The molecule has 1 nitrogen and oxygen atoms in total. The Hall–Kier alpha value is -1.53. The van der Waals surface area contributed by atoms with Crippen molar-refractivity contribution >= 4 is 11.8 Å². The largest absolute Gasteiger partial charge is 0.326 e. The molecule has 19 heavy (non-hydrogen) atoms. The van der Waals surface area contributed by atoms with Crippen LogP contribution in [0, 0.1) is 23.3 Å². The summed E-state index contributed by atoms with van der Waals surface area (Å²) < 4.78 is 53.1. The fraction of sp³-hybridized carbons (Fsp3) is 0.0769. The minimum Gasteiger partial charge on any atom is -0.326 e. The van der Waals surface area contributed by atoms with E-state index in [-0.39, 0.29) is 16.3 Å². The quantitative estimate of drug-likeness (QED) is 0.868. The monoisotopic (exact) mass is 287 g/mol. The fourth-order valence-electron chi connectivity index (χ4n) is 1.49. The van der Waals surface area contributed by atoms with Crippen LogP contribution in [0.25, 0.3) is 0 Å². The minimum absolute atomic E-state index is 0.0178. The van der Waals surface area contributed by atoms with E-state index in [1.54, 1.807) is 0 Å². The van der Waals surface area contributed by atoms with Gasteiger partial charge in [0.25, 0.3) is 0 Å². The second-order valence-corrected chi connectivity index (χ2v) is 4.85. The van der Waals surface area contributed by atoms with E-state index in [1.165, 1.54) is 6.07 Å². The second-order valence-electron chi connectivity index (χ2n) is 3.77. The van der Waals surface area contributed by atoms with Gasteiger partial charge in [-0.25, -0.2) is 17.6 Å². The lowest BCUT2D eigenvalue weighted by molar-refractivity contribution is 0.505. The van der Waals surface area contributed by atoms with Gasteiger partial charge >= 0.3 is 0 Å². The lowest BCUT2D eigenvalue weighted by Gasteiger charge is -2.07. The van der Waals surface area contributed by atoms with Crippen LogP contribution in [0.15, 0.2) is 40.1 Å². The molecule has 2 N–H and O–H groups in total. The summed E-state index contributed by atoms with van der Waals surface area (Å²) in [6.45, 7) is 0.0178. The second kappa shape index (κ2) is 5.63. The Morgan fingerprint density at radius 1 is 0.842 bits per heavy atom. The average molecular weight is 287 g/mol. The maximum atomic E-state index is 13.7. The van der Waals surface area contributed by atoms with E-state index in [4.69, 9.17) is 5.73 Å². The minimum atomic E-state index is -1.07. The van der Waals surface area contributed by atoms with Crippen LogP contribution in [0.5, 0.6) is 0 Å². The zero-order valence-corrected chi connectivity index (χ0v) is 10.4. The molecule has 2 aromatic carbocycles. The van der Waals surface area contributed by atoms with Gasteiger partial charge in [0, 0.05) is 11.4 Å². The van der Waals surface area contributed by atoms with Crippen LogP contribution in [-0.4, -0.2) is 0 Å². The van der Waals surface area contributed by atoms with Gasteiger partial charge in [-0.1, -0.05) is 11.8 Å². The molecule has 6 heteroatoms. The molecule has 0 aliphatic carbocycles. The Kier molecular flexibility index (Phi) is 4.11. The summed E-state index contributed by atoms with van der Waals surface area (Å²) in [7, 11) is 0. The Labute approximate surface area is 111 Å². The molecule has 0 aliphatic rings. The van der Waals surface area contributed by atoms with Gasteiger partial charge in [-0.3, -0.25) is 0 Å². The van der Waals surface area contributed by atoms with E-state index in [0.717, 1.165) is 24.3 Å². The van der Waals surface area contributed by atoms with Crippen LogP contribution >= 0.6 is 11.8 Å². The Morgan fingerprint density at radius 2 is 1.47 bits per heavy atom. The first kappa shape index (κ1) is 13.9. The number of hydrogen-bond acceptors (Lipinski definition) is 2. The lowest BCUT2D eigenvalue weighted by atomic mass is 10.2. The van der Waals surface area contributed by atoms with Crippen molar-refractivity contribution in [1.82, 2.24) is 0 Å². The van der Waals surface area contributed by atoms with Crippen molar-refractivity contribution in [2.75, 3.05) is 0 Å². The van der Waals surface area contributed by atoms with Crippen molar-refractivity contribution in [1.29, 1.82) is 0 Å². The van der Waals surface area contributed by atoms with Gasteiger partial charge in [-0.15, -0.1) is 0 Å². The molecule has 0 atom stereocenters. The molecular weight excluding hydrogens is 278 g/mol. The first-order chi connectivity index (χ1) is 9.01. The van der Waals surface area contributed by atoms with Gasteiger partial charge in [0.05, 0.1) is 4.90 Å². The third-order valence-corrected chi connectivity index (χ3v) is 3.49. The van der Waals surface area contributed by atoms with Gasteiger partial charge in [-0.2, -0.15) is 0 Å². The van der Waals surface area contributed by atoms with Crippen molar-refractivity contribution in [2.45, 2.75) is 16.3 Å². The van der Waals surface area contributed by atoms with Crippen molar-refractivity contribution < 1.29 is 17.6 Å². The summed E-state index contributed by atoms with van der Waals surface area (Å²) in [5.74, 6) is -3.64. The average Bonchev–Trinajstić information content (AvgIpc) is 2.37. The smallest absolute Gasteiger partial charge is 0.159 e. The molecule has 0 bridgehead atoms. The van der Waals surface area contributed by atoms with Crippen LogP contribution in [0.2, 0.25) is 0 Å². The molecule has 0 aliphatic heterocycles. The number of nitrogens with two attached hydrogens (primary N) is 1.